The van der Waals surface area contributed by atoms with Gasteiger partial charge < -0.3 is 25.0 Å². The van der Waals surface area contributed by atoms with E-state index < -0.39 is 6.10 Å². The first kappa shape index (κ1) is 20.7. The van der Waals surface area contributed by atoms with Gasteiger partial charge in [-0.05, 0) is 54.3 Å². The van der Waals surface area contributed by atoms with Crippen LogP contribution >= 0.6 is 0 Å². The van der Waals surface area contributed by atoms with Crippen molar-refractivity contribution in [2.75, 3.05) is 26.7 Å². The number of ether oxygens (including phenoxy) is 1. The Kier molecular flexibility index (Phi) is 5.40. The summed E-state index contributed by atoms with van der Waals surface area (Å²) in [4.78, 5) is 22.3. The van der Waals surface area contributed by atoms with Crippen LogP contribution in [0.4, 0.5) is 4.39 Å². The number of benzene rings is 1. The third-order valence-corrected chi connectivity index (χ3v) is 6.26. The van der Waals surface area contributed by atoms with E-state index in [1.165, 1.54) is 12.1 Å². The van der Waals surface area contributed by atoms with E-state index in [1.54, 1.807) is 19.4 Å². The Balaban J connectivity index is 1.42. The predicted octanol–water partition coefficient (Wildman–Crippen LogP) is 2.72. The SMILES string of the molecule is COc1ccc(F)cc1-c1ccnc2[nH]c(C3=CCN(C(=O)[C@H]4C[C@H](O)CN4)CC3)cc12. The Hall–Kier alpha value is -3.23. The Morgan fingerprint density at radius 2 is 2.16 bits per heavy atom. The quantitative estimate of drug-likeness (QED) is 0.585. The summed E-state index contributed by atoms with van der Waals surface area (Å²) >= 11 is 0. The molecule has 4 heterocycles. The second-order valence-corrected chi connectivity index (χ2v) is 8.26. The second-order valence-electron chi connectivity index (χ2n) is 8.26. The van der Waals surface area contributed by atoms with E-state index in [-0.39, 0.29) is 17.8 Å². The number of aliphatic hydroxyl groups is 1. The van der Waals surface area contributed by atoms with Gasteiger partial charge in [0.15, 0.2) is 0 Å². The first-order chi connectivity index (χ1) is 15.5. The van der Waals surface area contributed by atoms with Crippen LogP contribution in [0.25, 0.3) is 27.7 Å². The molecule has 2 aliphatic heterocycles. The monoisotopic (exact) mass is 436 g/mol. The molecule has 2 aromatic heterocycles. The summed E-state index contributed by atoms with van der Waals surface area (Å²) in [5.41, 5.74) is 4.28. The van der Waals surface area contributed by atoms with E-state index in [0.717, 1.165) is 22.2 Å². The number of halogens is 1. The smallest absolute Gasteiger partial charge is 0.240 e. The number of fused-ring (bicyclic) bond motifs is 1. The fraction of sp³-hybridized carbons (Fsp3) is 0.333. The third kappa shape index (κ3) is 3.76. The van der Waals surface area contributed by atoms with Crippen LogP contribution in [0.3, 0.4) is 0 Å². The molecule has 0 bridgehead atoms. The van der Waals surface area contributed by atoms with Crippen molar-refractivity contribution < 1.29 is 19.0 Å². The topological polar surface area (TPSA) is 90.5 Å². The predicted molar refractivity (Wildman–Crippen MR) is 120 cm³/mol. The number of aromatic nitrogens is 2. The zero-order valence-electron chi connectivity index (χ0n) is 17.8. The van der Waals surface area contributed by atoms with Crippen LogP contribution in [-0.2, 0) is 4.79 Å². The summed E-state index contributed by atoms with van der Waals surface area (Å²) in [7, 11) is 1.57. The highest BCUT2D eigenvalue weighted by Crippen LogP contribution is 2.36. The molecule has 1 saturated heterocycles. The zero-order chi connectivity index (χ0) is 22.2. The zero-order valence-corrected chi connectivity index (χ0v) is 17.8. The summed E-state index contributed by atoms with van der Waals surface area (Å²) in [6.07, 6.45) is 4.48. The number of β-amino-alcohol motifs (C(OH)–C–C–N with tert-alkyl or cyclic N) is 1. The van der Waals surface area contributed by atoms with Crippen LogP contribution in [0, 0.1) is 5.82 Å². The number of aliphatic hydroxyl groups excluding tert-OH is 1. The van der Waals surface area contributed by atoms with Gasteiger partial charge in [0.2, 0.25) is 5.91 Å². The summed E-state index contributed by atoms with van der Waals surface area (Å²) in [5, 5.41) is 13.6. The van der Waals surface area contributed by atoms with Gasteiger partial charge in [-0.2, -0.15) is 0 Å². The molecule has 3 N–H and O–H groups in total. The first-order valence-corrected chi connectivity index (χ1v) is 10.7. The number of methoxy groups -OCH3 is 1. The maximum Gasteiger partial charge on any atom is 0.240 e. The van der Waals surface area contributed by atoms with Crippen molar-refractivity contribution in [1.29, 1.82) is 0 Å². The molecule has 5 rings (SSSR count). The number of H-pyrrole nitrogens is 1. The molecule has 0 unspecified atom stereocenters. The van der Waals surface area contributed by atoms with Gasteiger partial charge in [-0.1, -0.05) is 6.08 Å². The number of pyridine rings is 1. The van der Waals surface area contributed by atoms with Crippen LogP contribution in [0.2, 0.25) is 0 Å². The molecule has 0 spiro atoms. The van der Waals surface area contributed by atoms with E-state index in [0.29, 0.717) is 49.4 Å². The van der Waals surface area contributed by atoms with Crippen molar-refractivity contribution in [3.05, 3.63) is 54.1 Å². The molecule has 7 nitrogen and oxygen atoms in total. The lowest BCUT2D eigenvalue weighted by molar-refractivity contribution is -0.132. The molecule has 8 heteroatoms. The van der Waals surface area contributed by atoms with Gasteiger partial charge in [0.1, 0.15) is 17.2 Å². The molecule has 0 aliphatic carbocycles. The van der Waals surface area contributed by atoms with E-state index in [9.17, 15) is 14.3 Å². The molecule has 1 aromatic carbocycles. The maximum atomic E-state index is 14.0. The molecule has 0 radical (unpaired) electrons. The number of nitrogens with one attached hydrogen (secondary N) is 2. The van der Waals surface area contributed by atoms with Crippen molar-refractivity contribution in [1.82, 2.24) is 20.2 Å². The molecular formula is C24H25FN4O3. The normalized spacial score (nSPS) is 21.1. The largest absolute Gasteiger partial charge is 0.496 e. The fourth-order valence-electron chi connectivity index (χ4n) is 4.56. The van der Waals surface area contributed by atoms with E-state index in [4.69, 9.17) is 4.74 Å². The van der Waals surface area contributed by atoms with Crippen molar-refractivity contribution in [2.24, 2.45) is 0 Å². The summed E-state index contributed by atoms with van der Waals surface area (Å²) in [6.45, 7) is 1.61. The minimum absolute atomic E-state index is 0.0376. The van der Waals surface area contributed by atoms with Crippen molar-refractivity contribution in [2.45, 2.75) is 25.0 Å². The highest BCUT2D eigenvalue weighted by Gasteiger charge is 2.32. The van der Waals surface area contributed by atoms with Crippen LogP contribution in [0.5, 0.6) is 5.75 Å². The molecule has 2 aliphatic rings. The number of amides is 1. The van der Waals surface area contributed by atoms with Gasteiger partial charge in [0, 0.05) is 42.5 Å². The first-order valence-electron chi connectivity index (χ1n) is 10.7. The van der Waals surface area contributed by atoms with Gasteiger partial charge in [-0.25, -0.2) is 9.37 Å². The number of carbonyl (C=O) groups is 1. The second kappa shape index (κ2) is 8.37. The highest BCUT2D eigenvalue weighted by molar-refractivity contribution is 5.97. The Labute approximate surface area is 184 Å². The van der Waals surface area contributed by atoms with Crippen LogP contribution < -0.4 is 10.1 Å². The van der Waals surface area contributed by atoms with Gasteiger partial charge in [0.05, 0.1) is 19.3 Å². The van der Waals surface area contributed by atoms with Crippen LogP contribution in [0.15, 0.2) is 42.6 Å². The lowest BCUT2D eigenvalue weighted by Gasteiger charge is -2.28. The van der Waals surface area contributed by atoms with Gasteiger partial charge in [0.25, 0.3) is 0 Å². The van der Waals surface area contributed by atoms with Crippen molar-refractivity contribution >= 4 is 22.5 Å². The fourth-order valence-corrected chi connectivity index (χ4v) is 4.56. The van der Waals surface area contributed by atoms with Crippen molar-refractivity contribution in [3.63, 3.8) is 0 Å². The number of aromatic amines is 1. The summed E-state index contributed by atoms with van der Waals surface area (Å²) in [5.74, 6) is 0.305. The minimum Gasteiger partial charge on any atom is -0.496 e. The molecule has 1 amide bonds. The number of carbonyl (C=O) groups excluding carboxylic acids is 1. The molecule has 3 aromatic rings. The number of rotatable bonds is 4. The average Bonchev–Trinajstić information content (AvgIpc) is 3.45. The molecule has 0 saturated carbocycles. The Morgan fingerprint density at radius 1 is 1.28 bits per heavy atom. The third-order valence-electron chi connectivity index (χ3n) is 6.26. The van der Waals surface area contributed by atoms with E-state index in [1.807, 2.05) is 17.0 Å². The molecule has 1 fully saturated rings. The van der Waals surface area contributed by atoms with Crippen molar-refractivity contribution in [3.8, 4) is 16.9 Å². The van der Waals surface area contributed by atoms with Gasteiger partial charge >= 0.3 is 0 Å². The minimum atomic E-state index is -0.454. The van der Waals surface area contributed by atoms with Gasteiger partial charge in [-0.15, -0.1) is 0 Å². The molecule has 166 valence electrons. The molecular weight excluding hydrogens is 411 g/mol. The number of nitrogens with zero attached hydrogens (tertiary/aromatic N) is 2. The summed E-state index contributed by atoms with van der Waals surface area (Å²) < 4.78 is 19.4. The highest BCUT2D eigenvalue weighted by atomic mass is 19.1. The average molecular weight is 436 g/mol. The number of hydrogen-bond acceptors (Lipinski definition) is 5. The lowest BCUT2D eigenvalue weighted by Crippen LogP contribution is -2.45. The van der Waals surface area contributed by atoms with E-state index in [2.05, 4.69) is 21.4 Å². The van der Waals surface area contributed by atoms with Crippen LogP contribution in [-0.4, -0.2) is 64.8 Å². The lowest BCUT2D eigenvalue weighted by atomic mass is 10.0. The maximum absolute atomic E-state index is 14.0. The summed E-state index contributed by atoms with van der Waals surface area (Å²) in [6, 6.07) is 8.05. The Bertz CT molecular complexity index is 1210. The molecule has 2 atom stereocenters. The van der Waals surface area contributed by atoms with E-state index >= 15 is 0 Å². The Morgan fingerprint density at radius 3 is 2.88 bits per heavy atom. The number of hydrogen-bond donors (Lipinski definition) is 3. The van der Waals surface area contributed by atoms with Crippen LogP contribution in [0.1, 0.15) is 18.5 Å². The van der Waals surface area contributed by atoms with Gasteiger partial charge in [-0.3, -0.25) is 4.79 Å². The standard InChI is InChI=1S/C24H25FN4O3/c1-32-22-3-2-15(25)10-18(22)17-4-7-26-23-19(17)12-20(28-23)14-5-8-29(9-6-14)24(31)21-11-16(30)13-27-21/h2-5,7,10,12,16,21,27,30H,6,8-9,11,13H2,1H3,(H,26,28)/t16-,21+/m0/s1. The molecule has 32 heavy (non-hydrogen) atoms.